The first-order valence-electron chi connectivity index (χ1n) is 6.96. The van der Waals surface area contributed by atoms with Gasteiger partial charge in [-0.3, -0.25) is 0 Å². The molecule has 0 aliphatic carbocycles. The maximum absolute atomic E-state index is 14.1. The highest BCUT2D eigenvalue weighted by Crippen LogP contribution is 2.26. The minimum absolute atomic E-state index is 0.0677. The highest BCUT2D eigenvalue weighted by molar-refractivity contribution is 5.51. The fourth-order valence-electron chi connectivity index (χ4n) is 2.19. The van der Waals surface area contributed by atoms with Crippen LogP contribution in [0.5, 0.6) is 0 Å². The van der Waals surface area contributed by atoms with Gasteiger partial charge in [-0.1, -0.05) is 6.92 Å². The number of rotatable bonds is 7. The summed E-state index contributed by atoms with van der Waals surface area (Å²) in [6.07, 6.45) is 1.00. The molecule has 0 amide bonds. The summed E-state index contributed by atoms with van der Waals surface area (Å²) in [6.45, 7) is 9.74. The predicted octanol–water partition coefficient (Wildman–Crippen LogP) is 3.70. The molecule has 108 valence electrons. The Hall–Kier alpha value is -1.16. The van der Waals surface area contributed by atoms with E-state index < -0.39 is 11.6 Å². The third kappa shape index (κ3) is 4.16. The monoisotopic (exact) mass is 270 g/mol. The van der Waals surface area contributed by atoms with E-state index in [2.05, 4.69) is 12.2 Å². The SMILES string of the molecule is CCCNCc1cc(F)c(N(CC)C(C)C)c(F)c1. The molecule has 0 unspecified atom stereocenters. The third-order valence-electron chi connectivity index (χ3n) is 3.08. The van der Waals surface area contributed by atoms with Crippen LogP contribution in [0.15, 0.2) is 12.1 Å². The van der Waals surface area contributed by atoms with Gasteiger partial charge >= 0.3 is 0 Å². The maximum atomic E-state index is 14.1. The molecule has 0 aliphatic rings. The Morgan fingerprint density at radius 2 is 1.74 bits per heavy atom. The van der Waals surface area contributed by atoms with E-state index >= 15 is 0 Å². The molecular formula is C15H24F2N2. The van der Waals surface area contributed by atoms with Crippen molar-refractivity contribution in [3.63, 3.8) is 0 Å². The van der Waals surface area contributed by atoms with Gasteiger partial charge in [-0.2, -0.15) is 0 Å². The van der Waals surface area contributed by atoms with Crippen molar-refractivity contribution in [1.29, 1.82) is 0 Å². The van der Waals surface area contributed by atoms with Crippen LogP contribution in [0.3, 0.4) is 0 Å². The van der Waals surface area contributed by atoms with Crippen LogP contribution in [0.4, 0.5) is 14.5 Å². The topological polar surface area (TPSA) is 15.3 Å². The van der Waals surface area contributed by atoms with Gasteiger partial charge in [0.05, 0.1) is 0 Å². The van der Waals surface area contributed by atoms with Gasteiger partial charge in [-0.05, 0) is 51.4 Å². The fourth-order valence-corrected chi connectivity index (χ4v) is 2.19. The standard InChI is InChI=1S/C15H24F2N2/c1-5-7-18-10-12-8-13(16)15(14(17)9-12)19(6-2)11(3)4/h8-9,11,18H,5-7,10H2,1-4H3. The quantitative estimate of drug-likeness (QED) is 0.760. The Morgan fingerprint density at radius 3 is 2.16 bits per heavy atom. The number of hydrogen-bond donors (Lipinski definition) is 1. The van der Waals surface area contributed by atoms with Gasteiger partial charge in [0.15, 0.2) is 0 Å². The van der Waals surface area contributed by atoms with Crippen LogP contribution in [0.25, 0.3) is 0 Å². The molecule has 0 aliphatic heterocycles. The smallest absolute Gasteiger partial charge is 0.149 e. The van der Waals surface area contributed by atoms with E-state index in [0.717, 1.165) is 13.0 Å². The second kappa shape index (κ2) is 7.43. The molecule has 0 aromatic heterocycles. The Balaban J connectivity index is 2.96. The lowest BCUT2D eigenvalue weighted by atomic mass is 10.1. The van der Waals surface area contributed by atoms with Crippen LogP contribution in [0.1, 0.15) is 39.7 Å². The Bertz CT molecular complexity index is 382. The van der Waals surface area contributed by atoms with Crippen molar-refractivity contribution in [2.75, 3.05) is 18.0 Å². The normalized spacial score (nSPS) is 11.1. The van der Waals surface area contributed by atoms with Crippen LogP contribution in [0.2, 0.25) is 0 Å². The summed E-state index contributed by atoms with van der Waals surface area (Å²) < 4.78 is 28.2. The molecule has 1 rings (SSSR count). The molecule has 1 N–H and O–H groups in total. The average Bonchev–Trinajstić information content (AvgIpc) is 2.33. The molecule has 0 bridgehead atoms. The Morgan fingerprint density at radius 1 is 1.16 bits per heavy atom. The molecule has 4 heteroatoms. The molecule has 19 heavy (non-hydrogen) atoms. The minimum Gasteiger partial charge on any atom is -0.365 e. The lowest BCUT2D eigenvalue weighted by Gasteiger charge is -2.28. The van der Waals surface area contributed by atoms with E-state index in [1.54, 1.807) is 4.90 Å². The van der Waals surface area contributed by atoms with Crippen LogP contribution in [-0.2, 0) is 6.54 Å². The van der Waals surface area contributed by atoms with Crippen molar-refractivity contribution < 1.29 is 8.78 Å². The van der Waals surface area contributed by atoms with Crippen molar-refractivity contribution in [1.82, 2.24) is 5.32 Å². The van der Waals surface area contributed by atoms with E-state index in [0.29, 0.717) is 18.7 Å². The van der Waals surface area contributed by atoms with Crippen molar-refractivity contribution >= 4 is 5.69 Å². The first-order valence-corrected chi connectivity index (χ1v) is 6.96. The molecule has 0 atom stereocenters. The second-order valence-corrected chi connectivity index (χ2v) is 4.96. The maximum Gasteiger partial charge on any atom is 0.149 e. The average molecular weight is 270 g/mol. The summed E-state index contributed by atoms with van der Waals surface area (Å²) in [5, 5.41) is 3.14. The van der Waals surface area contributed by atoms with Crippen molar-refractivity contribution in [2.24, 2.45) is 0 Å². The molecule has 1 aromatic carbocycles. The molecule has 2 nitrogen and oxygen atoms in total. The summed E-state index contributed by atoms with van der Waals surface area (Å²) in [5.41, 5.74) is 0.726. The third-order valence-corrected chi connectivity index (χ3v) is 3.08. The van der Waals surface area contributed by atoms with Crippen LogP contribution in [-0.4, -0.2) is 19.1 Å². The van der Waals surface area contributed by atoms with Gasteiger partial charge in [0, 0.05) is 19.1 Å². The molecule has 1 aromatic rings. The zero-order valence-electron chi connectivity index (χ0n) is 12.3. The number of benzene rings is 1. The van der Waals surface area contributed by atoms with Gasteiger partial charge in [-0.15, -0.1) is 0 Å². The van der Waals surface area contributed by atoms with E-state index in [1.165, 1.54) is 12.1 Å². The fraction of sp³-hybridized carbons (Fsp3) is 0.600. The highest BCUT2D eigenvalue weighted by atomic mass is 19.1. The number of halogens is 2. The highest BCUT2D eigenvalue weighted by Gasteiger charge is 2.18. The lowest BCUT2D eigenvalue weighted by Crippen LogP contribution is -2.32. The van der Waals surface area contributed by atoms with Gasteiger partial charge in [0.1, 0.15) is 17.3 Å². The van der Waals surface area contributed by atoms with Crippen LogP contribution >= 0.6 is 0 Å². The van der Waals surface area contributed by atoms with Gasteiger partial charge in [-0.25, -0.2) is 8.78 Å². The summed E-state index contributed by atoms with van der Waals surface area (Å²) in [5.74, 6) is -0.965. The van der Waals surface area contributed by atoms with Crippen LogP contribution in [0, 0.1) is 11.6 Å². The number of hydrogen-bond acceptors (Lipinski definition) is 2. The van der Waals surface area contributed by atoms with Crippen molar-refractivity contribution in [3.05, 3.63) is 29.3 Å². The summed E-state index contributed by atoms with van der Waals surface area (Å²) in [4.78, 5) is 1.73. The number of anilines is 1. The Labute approximate surface area is 114 Å². The van der Waals surface area contributed by atoms with Crippen molar-refractivity contribution in [3.8, 4) is 0 Å². The molecular weight excluding hydrogens is 246 g/mol. The van der Waals surface area contributed by atoms with Gasteiger partial charge < -0.3 is 10.2 Å². The lowest BCUT2D eigenvalue weighted by molar-refractivity contribution is 0.553. The van der Waals surface area contributed by atoms with E-state index in [1.807, 2.05) is 20.8 Å². The Kier molecular flexibility index (Phi) is 6.22. The zero-order chi connectivity index (χ0) is 14.4. The minimum atomic E-state index is -0.483. The number of nitrogens with zero attached hydrogens (tertiary/aromatic N) is 1. The first kappa shape index (κ1) is 15.9. The molecule has 0 saturated heterocycles. The summed E-state index contributed by atoms with van der Waals surface area (Å²) in [7, 11) is 0. The molecule has 0 fully saturated rings. The van der Waals surface area contributed by atoms with E-state index in [-0.39, 0.29) is 11.7 Å². The predicted molar refractivity (Wildman–Crippen MR) is 76.5 cm³/mol. The van der Waals surface area contributed by atoms with E-state index in [9.17, 15) is 8.78 Å². The number of nitrogens with one attached hydrogen (secondary N) is 1. The molecule has 0 spiro atoms. The van der Waals surface area contributed by atoms with Gasteiger partial charge in [0.25, 0.3) is 0 Å². The zero-order valence-corrected chi connectivity index (χ0v) is 12.3. The molecule has 0 heterocycles. The summed E-state index contributed by atoms with van der Waals surface area (Å²) >= 11 is 0. The largest absolute Gasteiger partial charge is 0.365 e. The van der Waals surface area contributed by atoms with Crippen LogP contribution < -0.4 is 10.2 Å². The van der Waals surface area contributed by atoms with E-state index in [4.69, 9.17) is 0 Å². The first-order chi connectivity index (χ1) is 9.01. The molecule has 0 radical (unpaired) electrons. The molecule has 0 saturated carbocycles. The summed E-state index contributed by atoms with van der Waals surface area (Å²) in [6, 6.07) is 2.91. The van der Waals surface area contributed by atoms with Gasteiger partial charge in [0.2, 0.25) is 0 Å². The van der Waals surface area contributed by atoms with Crippen molar-refractivity contribution in [2.45, 2.75) is 46.7 Å². The second-order valence-electron chi connectivity index (χ2n) is 4.96.